The van der Waals surface area contributed by atoms with Gasteiger partial charge in [0.15, 0.2) is 5.13 Å². The van der Waals surface area contributed by atoms with Gasteiger partial charge in [-0.05, 0) is 49.2 Å². The summed E-state index contributed by atoms with van der Waals surface area (Å²) in [5.74, 6) is 0.686. The normalized spacial score (nSPS) is 18.7. The maximum atomic E-state index is 12.6. The number of rotatable bonds is 4. The quantitative estimate of drug-likeness (QED) is 0.606. The summed E-state index contributed by atoms with van der Waals surface area (Å²) in [7, 11) is 0. The second-order valence-corrected chi connectivity index (χ2v) is 8.45. The van der Waals surface area contributed by atoms with Gasteiger partial charge in [-0.1, -0.05) is 23.5 Å². The number of benzene rings is 1. The zero-order chi connectivity index (χ0) is 20.3. The molecular formula is C22H22N6OS. The lowest BCUT2D eigenvalue weighted by molar-refractivity contribution is -0.118. The summed E-state index contributed by atoms with van der Waals surface area (Å²) < 4.78 is 1.09. The number of nitrogens with one attached hydrogen (secondary N) is 3. The maximum Gasteiger partial charge on any atom is 0.247 e. The Kier molecular flexibility index (Phi) is 5.25. The molecule has 1 aromatic carbocycles. The van der Waals surface area contributed by atoms with Gasteiger partial charge in [0.25, 0.3) is 0 Å². The topological polar surface area (TPSA) is 91.3 Å². The van der Waals surface area contributed by atoms with Gasteiger partial charge in [-0.2, -0.15) is 0 Å². The third-order valence-corrected chi connectivity index (χ3v) is 6.21. The number of hydrogen-bond acceptors (Lipinski definition) is 7. The molecule has 1 amide bonds. The smallest absolute Gasteiger partial charge is 0.247 e. The standard InChI is InChI=1S/C22H22N6OS/c29-21(26-17-6-8-24-13-17)15-5-9-25-20(11-15)28-22-27-18-4-3-14(10-19(18)30-22)16-2-1-7-23-12-16/h1-4,7,10-12,17,24H,5-6,8-9,13H2,(H,26,29)(H,25,27,28)/t17-/m0/s1. The Hall–Kier alpha value is -3.10. The first-order valence-corrected chi connectivity index (χ1v) is 10.9. The van der Waals surface area contributed by atoms with Crippen LogP contribution in [0.1, 0.15) is 12.8 Å². The van der Waals surface area contributed by atoms with Crippen LogP contribution >= 0.6 is 11.3 Å². The second-order valence-electron chi connectivity index (χ2n) is 7.42. The van der Waals surface area contributed by atoms with Crippen molar-refractivity contribution < 1.29 is 4.79 Å². The van der Waals surface area contributed by atoms with Gasteiger partial charge in [0, 0.05) is 42.7 Å². The number of hydrogen-bond donors (Lipinski definition) is 3. The molecule has 3 aromatic rings. The van der Waals surface area contributed by atoms with E-state index < -0.39 is 0 Å². The van der Waals surface area contributed by atoms with E-state index in [9.17, 15) is 4.79 Å². The number of dihydropyridines is 1. The number of fused-ring (bicyclic) bond motifs is 1. The number of carbonyl (C=O) groups is 1. The highest BCUT2D eigenvalue weighted by Gasteiger charge is 2.20. The highest BCUT2D eigenvalue weighted by molar-refractivity contribution is 7.22. The number of thiazole rings is 1. The predicted octanol–water partition coefficient (Wildman–Crippen LogP) is 2.98. The predicted molar refractivity (Wildman–Crippen MR) is 121 cm³/mol. The Balaban J connectivity index is 1.31. The van der Waals surface area contributed by atoms with Crippen molar-refractivity contribution in [1.29, 1.82) is 0 Å². The van der Waals surface area contributed by atoms with Crippen LogP contribution in [0.15, 0.2) is 59.4 Å². The van der Waals surface area contributed by atoms with E-state index in [1.54, 1.807) is 17.5 Å². The third kappa shape index (κ3) is 4.10. The molecular weight excluding hydrogens is 396 g/mol. The lowest BCUT2D eigenvalue weighted by Gasteiger charge is -2.16. The molecule has 4 heterocycles. The van der Waals surface area contributed by atoms with E-state index >= 15 is 0 Å². The summed E-state index contributed by atoms with van der Waals surface area (Å²) in [5, 5.41) is 10.4. The monoisotopic (exact) mass is 418 g/mol. The van der Waals surface area contributed by atoms with Crippen molar-refractivity contribution in [3.63, 3.8) is 0 Å². The SMILES string of the molecule is O=C(N[C@H]1CCNC1)C1=CC(Nc2nc3ccc(-c4cccnc4)cc3s2)=NCC1. The zero-order valence-electron chi connectivity index (χ0n) is 16.4. The van der Waals surface area contributed by atoms with Crippen LogP contribution in [0.2, 0.25) is 0 Å². The fourth-order valence-corrected chi connectivity index (χ4v) is 4.60. The lowest BCUT2D eigenvalue weighted by Crippen LogP contribution is -2.38. The Morgan fingerprint density at radius 2 is 2.20 bits per heavy atom. The van der Waals surface area contributed by atoms with E-state index in [-0.39, 0.29) is 11.9 Å². The van der Waals surface area contributed by atoms with Crippen LogP contribution in [0.5, 0.6) is 0 Å². The molecule has 2 aromatic heterocycles. The molecule has 0 bridgehead atoms. The van der Waals surface area contributed by atoms with Crippen molar-refractivity contribution in [2.45, 2.75) is 18.9 Å². The number of pyridine rings is 1. The molecule has 3 N–H and O–H groups in total. The summed E-state index contributed by atoms with van der Waals surface area (Å²) in [6.45, 7) is 2.39. The minimum Gasteiger partial charge on any atom is -0.348 e. The largest absolute Gasteiger partial charge is 0.348 e. The molecule has 1 fully saturated rings. The number of amidine groups is 1. The van der Waals surface area contributed by atoms with E-state index in [2.05, 4.69) is 43.0 Å². The Morgan fingerprint density at radius 3 is 3.03 bits per heavy atom. The zero-order valence-corrected chi connectivity index (χ0v) is 17.2. The molecule has 2 aliphatic heterocycles. The molecule has 30 heavy (non-hydrogen) atoms. The van der Waals surface area contributed by atoms with Crippen molar-refractivity contribution in [2.24, 2.45) is 4.99 Å². The number of anilines is 1. The summed E-state index contributed by atoms with van der Waals surface area (Å²) in [5.41, 5.74) is 3.89. The van der Waals surface area contributed by atoms with E-state index in [4.69, 9.17) is 0 Å². The summed E-state index contributed by atoms with van der Waals surface area (Å²) in [6, 6.07) is 10.4. The van der Waals surface area contributed by atoms with Crippen LogP contribution in [0, 0.1) is 0 Å². The van der Waals surface area contributed by atoms with Gasteiger partial charge in [-0.3, -0.25) is 14.8 Å². The molecule has 0 aliphatic carbocycles. The van der Waals surface area contributed by atoms with Gasteiger partial charge in [0.2, 0.25) is 5.91 Å². The minimum absolute atomic E-state index is 0.00307. The highest BCUT2D eigenvalue weighted by atomic mass is 32.1. The number of carbonyl (C=O) groups excluding carboxylic acids is 1. The molecule has 0 spiro atoms. The fraction of sp³-hybridized carbons (Fsp3) is 0.273. The van der Waals surface area contributed by atoms with E-state index in [1.165, 1.54) is 0 Å². The fourth-order valence-electron chi connectivity index (χ4n) is 3.69. The van der Waals surface area contributed by atoms with Gasteiger partial charge < -0.3 is 16.0 Å². The molecule has 1 atom stereocenters. The van der Waals surface area contributed by atoms with Crippen molar-refractivity contribution in [2.75, 3.05) is 25.0 Å². The molecule has 5 rings (SSSR count). The van der Waals surface area contributed by atoms with Crippen molar-refractivity contribution in [3.8, 4) is 11.1 Å². The lowest BCUT2D eigenvalue weighted by atomic mass is 10.1. The number of aliphatic imine (C=N–C) groups is 1. The van der Waals surface area contributed by atoms with Gasteiger partial charge in [0.1, 0.15) is 5.84 Å². The van der Waals surface area contributed by atoms with Crippen LogP contribution in [0.3, 0.4) is 0 Å². The van der Waals surface area contributed by atoms with Crippen LogP contribution in [-0.2, 0) is 4.79 Å². The van der Waals surface area contributed by atoms with Crippen LogP contribution < -0.4 is 16.0 Å². The molecule has 7 nitrogen and oxygen atoms in total. The van der Waals surface area contributed by atoms with Crippen molar-refractivity contribution in [3.05, 3.63) is 54.4 Å². The number of amides is 1. The first kappa shape index (κ1) is 18.9. The highest BCUT2D eigenvalue weighted by Crippen LogP contribution is 2.30. The van der Waals surface area contributed by atoms with Gasteiger partial charge in [0.05, 0.1) is 10.2 Å². The van der Waals surface area contributed by atoms with Crippen LogP contribution in [-0.4, -0.2) is 47.4 Å². The average molecular weight is 419 g/mol. The molecule has 1 saturated heterocycles. The van der Waals surface area contributed by atoms with Gasteiger partial charge in [-0.25, -0.2) is 4.98 Å². The van der Waals surface area contributed by atoms with Crippen LogP contribution in [0.4, 0.5) is 5.13 Å². The van der Waals surface area contributed by atoms with E-state index in [0.29, 0.717) is 18.8 Å². The molecule has 152 valence electrons. The summed E-state index contributed by atoms with van der Waals surface area (Å²) >= 11 is 1.57. The van der Waals surface area contributed by atoms with E-state index in [1.807, 2.05) is 30.5 Å². The first-order valence-electron chi connectivity index (χ1n) is 10.1. The summed E-state index contributed by atoms with van der Waals surface area (Å²) in [6.07, 6.45) is 7.11. The molecule has 2 aliphatic rings. The molecule has 0 radical (unpaired) electrons. The van der Waals surface area contributed by atoms with Crippen molar-refractivity contribution >= 4 is 38.4 Å². The first-order chi connectivity index (χ1) is 14.7. The average Bonchev–Trinajstić information content (AvgIpc) is 3.43. The Bertz CT molecular complexity index is 1130. The maximum absolute atomic E-state index is 12.6. The molecule has 0 saturated carbocycles. The molecule has 8 heteroatoms. The third-order valence-electron chi connectivity index (χ3n) is 5.28. The van der Waals surface area contributed by atoms with Gasteiger partial charge in [-0.15, -0.1) is 0 Å². The number of nitrogens with zero attached hydrogens (tertiary/aromatic N) is 3. The van der Waals surface area contributed by atoms with Crippen molar-refractivity contribution in [1.82, 2.24) is 20.6 Å². The Morgan fingerprint density at radius 1 is 1.23 bits per heavy atom. The minimum atomic E-state index is 0.00307. The Labute approximate surface area is 178 Å². The van der Waals surface area contributed by atoms with E-state index in [0.717, 1.165) is 51.6 Å². The van der Waals surface area contributed by atoms with Crippen LogP contribution in [0.25, 0.3) is 21.3 Å². The van der Waals surface area contributed by atoms with Gasteiger partial charge >= 0.3 is 0 Å². The molecule has 0 unspecified atom stereocenters. The summed E-state index contributed by atoms with van der Waals surface area (Å²) in [4.78, 5) is 25.9. The number of aromatic nitrogens is 2. The second kappa shape index (κ2) is 8.33.